The zero-order chi connectivity index (χ0) is 22.9. The molecule has 0 saturated heterocycles. The minimum atomic E-state index is -0.848. The van der Waals surface area contributed by atoms with Gasteiger partial charge in [-0.3, -0.25) is 4.79 Å². The number of nitrogens with one attached hydrogen (secondary N) is 1. The summed E-state index contributed by atoms with van der Waals surface area (Å²) in [7, 11) is 0. The summed E-state index contributed by atoms with van der Waals surface area (Å²) >= 11 is 0. The fraction of sp³-hybridized carbons (Fsp3) is 0.0870. The lowest BCUT2D eigenvalue weighted by Gasteiger charge is -2.07. The van der Waals surface area contributed by atoms with Crippen LogP contribution < -0.4 is 5.32 Å². The molecule has 4 heterocycles. The van der Waals surface area contributed by atoms with E-state index in [2.05, 4.69) is 25.5 Å². The van der Waals surface area contributed by atoms with Crippen molar-refractivity contribution >= 4 is 17.2 Å². The van der Waals surface area contributed by atoms with Crippen LogP contribution in [0.4, 0.5) is 14.5 Å². The molecule has 0 spiro atoms. The fourth-order valence-corrected chi connectivity index (χ4v) is 3.46. The molecule has 4 aromatic heterocycles. The van der Waals surface area contributed by atoms with E-state index >= 15 is 0 Å². The molecule has 0 aliphatic carbocycles. The summed E-state index contributed by atoms with van der Waals surface area (Å²) in [6.45, 7) is 1.87. The molecule has 5 rings (SSSR count). The van der Waals surface area contributed by atoms with E-state index in [1.165, 1.54) is 12.4 Å². The highest BCUT2D eigenvalue weighted by Crippen LogP contribution is 2.24. The number of fused-ring (bicyclic) bond motifs is 1. The Labute approximate surface area is 186 Å². The summed E-state index contributed by atoms with van der Waals surface area (Å²) in [5.74, 6) is -1.47. The molecule has 0 atom stereocenters. The fourth-order valence-electron chi connectivity index (χ4n) is 3.46. The molecule has 1 amide bonds. The van der Waals surface area contributed by atoms with Gasteiger partial charge in [0.05, 0.1) is 23.5 Å². The summed E-state index contributed by atoms with van der Waals surface area (Å²) in [5.41, 5.74) is 3.34. The van der Waals surface area contributed by atoms with Crippen molar-refractivity contribution in [3.05, 3.63) is 90.1 Å². The van der Waals surface area contributed by atoms with Crippen molar-refractivity contribution < 1.29 is 13.6 Å². The van der Waals surface area contributed by atoms with E-state index in [4.69, 9.17) is 0 Å². The standard InChI is InChI=1S/C23H17F2N7O/c1-14-3-2-4-22(28-14)32-20(15-5-8-21-26-13-27-31(21)12-15)10-17(30-32)11-23(33)29-19-7-6-16(24)9-18(19)25/h2-10,12-13H,11H2,1H3,(H,29,33). The molecule has 164 valence electrons. The number of carbonyl (C=O) groups excluding carboxylic acids is 1. The Bertz CT molecular complexity index is 1490. The lowest BCUT2D eigenvalue weighted by molar-refractivity contribution is -0.115. The first-order chi connectivity index (χ1) is 16.0. The van der Waals surface area contributed by atoms with Crippen LogP contribution in [-0.2, 0) is 11.2 Å². The molecular weight excluding hydrogens is 428 g/mol. The summed E-state index contributed by atoms with van der Waals surface area (Å²) < 4.78 is 30.3. The lowest BCUT2D eigenvalue weighted by Crippen LogP contribution is -2.16. The van der Waals surface area contributed by atoms with Crippen LogP contribution in [0.2, 0.25) is 0 Å². The molecule has 0 aliphatic heterocycles. The minimum Gasteiger partial charge on any atom is -0.323 e. The predicted octanol–water partition coefficient (Wildman–Crippen LogP) is 3.74. The molecule has 0 bridgehead atoms. The molecule has 0 unspecified atom stereocenters. The third-order valence-electron chi connectivity index (χ3n) is 4.97. The maximum atomic E-state index is 13.9. The maximum Gasteiger partial charge on any atom is 0.230 e. The van der Waals surface area contributed by atoms with Crippen LogP contribution in [0.25, 0.3) is 22.7 Å². The van der Waals surface area contributed by atoms with E-state index < -0.39 is 17.5 Å². The third kappa shape index (κ3) is 4.18. The first-order valence-corrected chi connectivity index (χ1v) is 10.0. The van der Waals surface area contributed by atoms with Crippen molar-refractivity contribution in [2.24, 2.45) is 0 Å². The molecule has 1 N–H and O–H groups in total. The van der Waals surface area contributed by atoms with Gasteiger partial charge in [-0.1, -0.05) is 6.07 Å². The SMILES string of the molecule is Cc1cccc(-n2nc(CC(=O)Nc3ccc(F)cc3F)cc2-c2ccc3ncnn3c2)n1. The molecule has 0 radical (unpaired) electrons. The molecule has 1 aromatic carbocycles. The van der Waals surface area contributed by atoms with E-state index in [0.717, 1.165) is 17.3 Å². The number of hydrogen-bond donors (Lipinski definition) is 1. The zero-order valence-electron chi connectivity index (χ0n) is 17.4. The number of nitrogens with zero attached hydrogens (tertiary/aromatic N) is 6. The third-order valence-corrected chi connectivity index (χ3v) is 4.97. The topological polar surface area (TPSA) is 90.0 Å². The second-order valence-corrected chi connectivity index (χ2v) is 7.40. The van der Waals surface area contributed by atoms with Gasteiger partial charge < -0.3 is 5.32 Å². The number of anilines is 1. The summed E-state index contributed by atoms with van der Waals surface area (Å²) in [4.78, 5) is 21.2. The van der Waals surface area contributed by atoms with Crippen LogP contribution in [0.1, 0.15) is 11.4 Å². The normalized spacial score (nSPS) is 11.1. The van der Waals surface area contributed by atoms with Crippen LogP contribution >= 0.6 is 0 Å². The molecule has 8 nitrogen and oxygen atoms in total. The van der Waals surface area contributed by atoms with E-state index in [1.807, 2.05) is 43.5 Å². The second kappa shape index (κ2) is 8.23. The Balaban J connectivity index is 1.50. The highest BCUT2D eigenvalue weighted by Gasteiger charge is 2.17. The van der Waals surface area contributed by atoms with Crippen molar-refractivity contribution in [2.45, 2.75) is 13.3 Å². The predicted molar refractivity (Wildman–Crippen MR) is 117 cm³/mol. The van der Waals surface area contributed by atoms with Gasteiger partial charge in [-0.15, -0.1) is 0 Å². The van der Waals surface area contributed by atoms with Crippen LogP contribution in [0, 0.1) is 18.6 Å². The summed E-state index contributed by atoms with van der Waals surface area (Å²) in [6.07, 6.45) is 3.15. The molecule has 33 heavy (non-hydrogen) atoms. The van der Waals surface area contributed by atoms with E-state index in [0.29, 0.717) is 28.9 Å². The number of halogens is 2. The van der Waals surface area contributed by atoms with Gasteiger partial charge >= 0.3 is 0 Å². The van der Waals surface area contributed by atoms with Gasteiger partial charge in [-0.25, -0.2) is 27.9 Å². The number of benzene rings is 1. The van der Waals surface area contributed by atoms with Gasteiger partial charge in [0.15, 0.2) is 11.5 Å². The minimum absolute atomic E-state index is 0.0990. The number of aryl methyl sites for hydroxylation is 1. The maximum absolute atomic E-state index is 13.9. The molecule has 5 aromatic rings. The highest BCUT2D eigenvalue weighted by atomic mass is 19.1. The first kappa shape index (κ1) is 20.4. The van der Waals surface area contributed by atoms with Crippen molar-refractivity contribution in [3.63, 3.8) is 0 Å². The smallest absolute Gasteiger partial charge is 0.230 e. The van der Waals surface area contributed by atoms with Crippen molar-refractivity contribution in [1.82, 2.24) is 29.4 Å². The van der Waals surface area contributed by atoms with Crippen LogP contribution in [-0.4, -0.2) is 35.3 Å². The van der Waals surface area contributed by atoms with Crippen LogP contribution in [0.5, 0.6) is 0 Å². The Kier molecular flexibility index (Phi) is 5.09. The quantitative estimate of drug-likeness (QED) is 0.445. The Hall–Kier alpha value is -4.47. The van der Waals surface area contributed by atoms with E-state index in [9.17, 15) is 13.6 Å². The van der Waals surface area contributed by atoms with Crippen molar-refractivity contribution in [1.29, 1.82) is 0 Å². The van der Waals surface area contributed by atoms with Crippen LogP contribution in [0.15, 0.2) is 67.1 Å². The Morgan fingerprint density at radius 1 is 1.09 bits per heavy atom. The largest absolute Gasteiger partial charge is 0.323 e. The molecule has 10 heteroatoms. The Morgan fingerprint density at radius 2 is 1.97 bits per heavy atom. The van der Waals surface area contributed by atoms with Gasteiger partial charge in [0.25, 0.3) is 0 Å². The molecule has 0 aliphatic rings. The molecular formula is C23H17F2N7O. The number of aromatic nitrogens is 6. The number of rotatable bonds is 5. The summed E-state index contributed by atoms with van der Waals surface area (Å²) in [6, 6.07) is 14.0. The van der Waals surface area contributed by atoms with Crippen LogP contribution in [0.3, 0.4) is 0 Å². The van der Waals surface area contributed by atoms with Gasteiger partial charge in [0.2, 0.25) is 5.91 Å². The van der Waals surface area contributed by atoms with Crippen molar-refractivity contribution in [2.75, 3.05) is 5.32 Å². The zero-order valence-corrected chi connectivity index (χ0v) is 17.4. The van der Waals surface area contributed by atoms with Gasteiger partial charge in [-0.2, -0.15) is 10.2 Å². The van der Waals surface area contributed by atoms with Crippen molar-refractivity contribution in [3.8, 4) is 17.1 Å². The lowest BCUT2D eigenvalue weighted by atomic mass is 10.1. The monoisotopic (exact) mass is 445 g/mol. The average molecular weight is 445 g/mol. The average Bonchev–Trinajstić information content (AvgIpc) is 3.42. The van der Waals surface area contributed by atoms with Gasteiger partial charge in [0.1, 0.15) is 18.0 Å². The van der Waals surface area contributed by atoms with E-state index in [1.54, 1.807) is 15.3 Å². The number of amides is 1. The van der Waals surface area contributed by atoms with Gasteiger partial charge in [-0.05, 0) is 49.4 Å². The Morgan fingerprint density at radius 3 is 2.79 bits per heavy atom. The number of carbonyl (C=O) groups is 1. The second-order valence-electron chi connectivity index (χ2n) is 7.40. The number of pyridine rings is 2. The van der Waals surface area contributed by atoms with Gasteiger partial charge in [0, 0.05) is 23.5 Å². The molecule has 0 saturated carbocycles. The summed E-state index contributed by atoms with van der Waals surface area (Å²) in [5, 5.41) is 11.2. The highest BCUT2D eigenvalue weighted by molar-refractivity contribution is 5.92. The number of hydrogen-bond acceptors (Lipinski definition) is 5. The molecule has 0 fully saturated rings. The first-order valence-electron chi connectivity index (χ1n) is 10.0. The van der Waals surface area contributed by atoms with E-state index in [-0.39, 0.29) is 12.1 Å².